The third-order valence-electron chi connectivity index (χ3n) is 37.1. The molecule has 0 amide bonds. The van der Waals surface area contributed by atoms with Gasteiger partial charge in [0.25, 0.3) is 0 Å². The molecule has 0 saturated heterocycles. The van der Waals surface area contributed by atoms with E-state index in [4.69, 9.17) is 0 Å². The number of hydrogen-bond acceptors (Lipinski definition) is 4. The van der Waals surface area contributed by atoms with E-state index in [-0.39, 0.29) is 43.3 Å². The first-order valence-electron chi connectivity index (χ1n) is 60.6. The summed E-state index contributed by atoms with van der Waals surface area (Å²) in [5.41, 5.74) is 6.58. The van der Waals surface area contributed by atoms with Gasteiger partial charge < -0.3 is 20.4 Å². The highest BCUT2D eigenvalue weighted by Gasteiger charge is 2.55. The second-order valence-electron chi connectivity index (χ2n) is 77.1. The fourth-order valence-corrected chi connectivity index (χ4v) is 25.7. The summed E-state index contributed by atoms with van der Waals surface area (Å²) in [6.45, 7) is 210. The van der Waals surface area contributed by atoms with Gasteiger partial charge in [0.2, 0.25) is 0 Å². The minimum Gasteiger partial charge on any atom is -0.389 e. The summed E-state index contributed by atoms with van der Waals surface area (Å²) < 4.78 is 0. The molecule has 1 saturated carbocycles. The Hall–Kier alpha value is -0.160. The molecular weight excluding hydrogens is 1780 g/mol. The van der Waals surface area contributed by atoms with Crippen molar-refractivity contribution in [1.29, 1.82) is 0 Å². The summed E-state index contributed by atoms with van der Waals surface area (Å²) in [4.78, 5) is 0. The van der Waals surface area contributed by atoms with Gasteiger partial charge in [-0.05, 0) is 257 Å². The largest absolute Gasteiger partial charge is 0.389 e. The van der Waals surface area contributed by atoms with Crippen molar-refractivity contribution in [2.45, 2.75) is 724 Å². The lowest BCUT2D eigenvalue weighted by Crippen LogP contribution is -2.51. The zero-order chi connectivity index (χ0) is 125. The first-order valence-corrected chi connectivity index (χ1v) is 60.6. The minimum atomic E-state index is -0.625. The van der Waals surface area contributed by atoms with Crippen molar-refractivity contribution < 1.29 is 20.4 Å². The van der Waals surface area contributed by atoms with Crippen LogP contribution < -0.4 is 0 Å². The SMILES string of the molecule is CC(C(C)(C)C)C(C)(C)C.CC(C(C)(C)C)C(C)(C)C.CC(C(C)(C)C)C(C)(C)C.CC(C)(C)C(C)(C)C(C)(C)C.CC(C)(C)C(C)(O)C(C)(C)C.CC(C)(C)C(C)(O)C(C)(C)C.CC(C)(C)C1(C(C)(C)C)CCC1.CC(C)C(C(C)(C)C)C(C)(C)C.CC(C)C(C(C)(C)C)C(C)(C)C.CCC(C(C)(C)C)C(C)(C)C.CCC(C(C)(C)C)C(C)(C)C.CCC(O)(CC(C)(C)C)C(C)(C)C.CC[C@@](O)(CC(C)(C)C)C(C)(C)C. The molecule has 1 rings (SSSR count). The van der Waals surface area contributed by atoms with E-state index in [1.807, 2.05) is 13.8 Å². The Kier molecular flexibility index (Phi) is 68.9. The van der Waals surface area contributed by atoms with Crippen LogP contribution in [0, 0.1) is 205 Å². The molecule has 4 heteroatoms. The molecule has 0 aromatic heterocycles. The van der Waals surface area contributed by atoms with Crippen LogP contribution in [0.1, 0.15) is 702 Å². The molecule has 2 atom stereocenters. The van der Waals surface area contributed by atoms with Crippen molar-refractivity contribution in [3.05, 3.63) is 0 Å². The van der Waals surface area contributed by atoms with Gasteiger partial charge in [0, 0.05) is 0 Å². The summed E-state index contributed by atoms with van der Waals surface area (Å²) in [5.74, 6) is 7.02. The normalized spacial score (nSPS) is 16.0. The highest BCUT2D eigenvalue weighted by Crippen LogP contribution is 2.64. The predicted octanol–water partition coefficient (Wildman–Crippen LogP) is 49.3. The first kappa shape index (κ1) is 172. The Morgan fingerprint density at radius 3 is 0.340 bits per heavy atom. The van der Waals surface area contributed by atoms with Crippen LogP contribution in [0.3, 0.4) is 0 Å². The van der Waals surface area contributed by atoms with Gasteiger partial charge in [-0.1, -0.05) is 649 Å². The lowest BCUT2D eigenvalue weighted by atomic mass is 9.45. The van der Waals surface area contributed by atoms with E-state index in [1.54, 1.807) is 0 Å². The van der Waals surface area contributed by atoms with E-state index in [1.165, 1.54) is 32.1 Å². The topological polar surface area (TPSA) is 80.9 Å². The highest BCUT2D eigenvalue weighted by molar-refractivity contribution is 5.05. The summed E-state index contributed by atoms with van der Waals surface area (Å²) in [5, 5.41) is 41.4. The van der Waals surface area contributed by atoms with Crippen molar-refractivity contribution in [3.8, 4) is 0 Å². The Morgan fingerprint density at radius 1 is 0.190 bits per heavy atom. The first-order chi connectivity index (χ1) is 61.7. The maximum atomic E-state index is 10.5. The number of hydrogen-bond donors (Lipinski definition) is 4. The Morgan fingerprint density at radius 2 is 0.333 bits per heavy atom. The molecule has 4 N–H and O–H groups in total. The van der Waals surface area contributed by atoms with Crippen molar-refractivity contribution in [3.63, 3.8) is 0 Å². The van der Waals surface area contributed by atoms with Crippen LogP contribution in [-0.2, 0) is 0 Å². The summed E-state index contributed by atoms with van der Waals surface area (Å²) >= 11 is 0. The van der Waals surface area contributed by atoms with Gasteiger partial charge in [0.1, 0.15) is 0 Å². The lowest BCUT2D eigenvalue weighted by molar-refractivity contribution is -0.121. The van der Waals surface area contributed by atoms with Gasteiger partial charge in [0.15, 0.2) is 0 Å². The average molecular weight is 2090 g/mol. The molecule has 0 spiro atoms. The third kappa shape index (κ3) is 67.2. The third-order valence-corrected chi connectivity index (χ3v) is 37.1. The van der Waals surface area contributed by atoms with Crippen molar-refractivity contribution in [1.82, 2.24) is 0 Å². The average Bonchev–Trinajstić information content (AvgIpc) is 0.731. The molecule has 906 valence electrons. The maximum absolute atomic E-state index is 10.5. The lowest BCUT2D eigenvalue weighted by Gasteiger charge is -2.60. The summed E-state index contributed by atoms with van der Waals surface area (Å²) in [6, 6.07) is 0. The number of aliphatic hydroxyl groups is 4. The monoisotopic (exact) mass is 2090 g/mol. The Labute approximate surface area is 943 Å². The van der Waals surface area contributed by atoms with E-state index in [2.05, 4.69) is 630 Å². The smallest absolute Gasteiger partial charge is 0.0715 e. The molecule has 1 unspecified atom stereocenters. The van der Waals surface area contributed by atoms with Crippen LogP contribution >= 0.6 is 0 Å². The molecule has 1 aliphatic rings. The van der Waals surface area contributed by atoms with E-state index in [0.717, 1.165) is 78.9 Å². The van der Waals surface area contributed by atoms with Gasteiger partial charge in [-0.25, -0.2) is 0 Å². The summed E-state index contributed by atoms with van der Waals surface area (Å²) in [6.07, 6.45) is 10.2. The molecule has 1 fully saturated rings. The van der Waals surface area contributed by atoms with Gasteiger partial charge >= 0.3 is 0 Å². The predicted molar refractivity (Wildman–Crippen MR) is 689 cm³/mol. The number of rotatable bonds is 8. The molecule has 0 aliphatic heterocycles. The second-order valence-corrected chi connectivity index (χ2v) is 77.1. The van der Waals surface area contributed by atoms with Crippen LogP contribution in [-0.4, -0.2) is 42.8 Å². The van der Waals surface area contributed by atoms with E-state index in [0.29, 0.717) is 108 Å². The van der Waals surface area contributed by atoms with E-state index in [9.17, 15) is 20.4 Å². The van der Waals surface area contributed by atoms with Gasteiger partial charge in [0.05, 0.1) is 22.4 Å². The zero-order valence-corrected chi connectivity index (χ0v) is 122. The second kappa shape index (κ2) is 58.9. The fourth-order valence-electron chi connectivity index (χ4n) is 25.7. The highest BCUT2D eigenvalue weighted by atomic mass is 16.3. The quantitative estimate of drug-likeness (QED) is 0.195. The van der Waals surface area contributed by atoms with Gasteiger partial charge in [-0.3, -0.25) is 0 Å². The molecule has 0 heterocycles. The Bertz CT molecular complexity index is 2900. The molecular formula is C143H310O4. The molecule has 1 aliphatic carbocycles. The maximum Gasteiger partial charge on any atom is 0.0715 e. The molecule has 4 nitrogen and oxygen atoms in total. The molecule has 0 aromatic rings. The van der Waals surface area contributed by atoms with Gasteiger partial charge in [-0.2, -0.15) is 0 Å². The van der Waals surface area contributed by atoms with Crippen LogP contribution in [0.4, 0.5) is 0 Å². The van der Waals surface area contributed by atoms with E-state index >= 15 is 0 Å². The van der Waals surface area contributed by atoms with Gasteiger partial charge in [-0.15, -0.1) is 0 Å². The molecule has 0 radical (unpaired) electrons. The van der Waals surface area contributed by atoms with E-state index < -0.39 is 22.4 Å². The van der Waals surface area contributed by atoms with Crippen molar-refractivity contribution in [2.75, 3.05) is 0 Å². The molecule has 0 bridgehead atoms. The van der Waals surface area contributed by atoms with Crippen LogP contribution in [0.5, 0.6) is 0 Å². The van der Waals surface area contributed by atoms with Crippen LogP contribution in [0.2, 0.25) is 0 Å². The van der Waals surface area contributed by atoms with Crippen molar-refractivity contribution >= 4 is 0 Å². The van der Waals surface area contributed by atoms with Crippen molar-refractivity contribution in [2.24, 2.45) is 205 Å². The minimum absolute atomic E-state index is 0.0327. The van der Waals surface area contributed by atoms with Crippen LogP contribution in [0.25, 0.3) is 0 Å². The molecule has 0 aromatic carbocycles. The molecule has 147 heavy (non-hydrogen) atoms. The summed E-state index contributed by atoms with van der Waals surface area (Å²) in [7, 11) is 0. The van der Waals surface area contributed by atoms with Crippen LogP contribution in [0.15, 0.2) is 0 Å². The zero-order valence-electron chi connectivity index (χ0n) is 122. The Balaban J connectivity index is -0.000000134. The standard InChI is InChI=1S/2C12H26O.C12H24.2C12H26.3C11H24.2C10H22O.3C10H22/c2*1-8-12(13,11(5,6)7)9-10(2,3)4;1-10(2,3)12(8-7-9-12)11(4,5)6;2*1-9(2)10(11(3,4)5)12(6,7)8;1-9(2,3)11(7,8)10(4,5)6;2*1-8-9(10(2,3)4)11(5,6)7;2*1-8(2,3)10(7,11)9(4,5)6;3*1-8(9(2,3)4)10(5,6)7/h2*13H,8-9H2,1-7H3;7-9H2,1-6H3;2*9-10H,1-8H3;1-8H3;2*9H,8H2,1-7H3;2*11H,1-7H3;3*8H,1-7H3/t12-;;;;;;;;;;;;/m1............/s1. The fraction of sp³-hybridized carbons (Fsp3) is 1.00.